The number of thioether (sulfide) groups is 1. The molecule has 0 atom stereocenters. The number of rotatable bonds is 4. The molecule has 0 saturated heterocycles. The maximum atomic E-state index is 5.99. The van der Waals surface area contributed by atoms with Crippen LogP contribution in [-0.4, -0.2) is 37.6 Å². The number of nitrogen functional groups attached to an aromatic ring is 1. The molecular formula is C11H15N5OS. The summed E-state index contributed by atoms with van der Waals surface area (Å²) in [6.45, 7) is 0.844. The van der Waals surface area contributed by atoms with Gasteiger partial charge in [-0.2, -0.15) is 16.7 Å². The lowest BCUT2D eigenvalue weighted by Crippen LogP contribution is -2.16. The van der Waals surface area contributed by atoms with E-state index in [0.29, 0.717) is 22.1 Å². The van der Waals surface area contributed by atoms with Crippen molar-refractivity contribution in [2.75, 3.05) is 19.1 Å². The number of ether oxygens (including phenoxy) is 1. The van der Waals surface area contributed by atoms with Crippen molar-refractivity contribution >= 4 is 28.9 Å². The average Bonchev–Trinajstić information content (AvgIpc) is 3.10. The quantitative estimate of drug-likeness (QED) is 0.898. The molecule has 0 spiro atoms. The van der Waals surface area contributed by atoms with E-state index in [1.165, 1.54) is 19.2 Å². The molecule has 3 rings (SSSR count). The number of fused-ring (bicyclic) bond motifs is 1. The van der Waals surface area contributed by atoms with Crippen LogP contribution in [0.25, 0.3) is 11.2 Å². The molecule has 1 saturated carbocycles. The number of aromatic nitrogens is 4. The van der Waals surface area contributed by atoms with Crippen LogP contribution in [0.5, 0.6) is 5.88 Å². The summed E-state index contributed by atoms with van der Waals surface area (Å²) < 4.78 is 7.45. The number of hydrogen-bond acceptors (Lipinski definition) is 6. The Balaban J connectivity index is 2.09. The maximum absolute atomic E-state index is 5.99. The number of nitrogens with two attached hydrogens (primary N) is 1. The van der Waals surface area contributed by atoms with Crippen molar-refractivity contribution in [2.45, 2.75) is 24.1 Å². The molecule has 1 aliphatic carbocycles. The van der Waals surface area contributed by atoms with Crippen LogP contribution in [0.1, 0.15) is 12.8 Å². The second kappa shape index (κ2) is 4.01. The monoisotopic (exact) mass is 265 g/mol. The molecular weight excluding hydrogens is 250 g/mol. The largest absolute Gasteiger partial charge is 0.479 e. The van der Waals surface area contributed by atoms with E-state index in [4.69, 9.17) is 10.5 Å². The van der Waals surface area contributed by atoms with Crippen LogP contribution in [0.2, 0.25) is 0 Å². The fourth-order valence-corrected chi connectivity index (χ4v) is 2.86. The molecule has 6 nitrogen and oxygen atoms in total. The van der Waals surface area contributed by atoms with Gasteiger partial charge in [-0.3, -0.25) is 4.57 Å². The summed E-state index contributed by atoms with van der Waals surface area (Å²) in [5, 5.41) is 0. The summed E-state index contributed by atoms with van der Waals surface area (Å²) in [5.74, 6) is 0.948. The van der Waals surface area contributed by atoms with E-state index >= 15 is 0 Å². The molecule has 7 heteroatoms. The Labute approximate surface area is 109 Å². The zero-order valence-corrected chi connectivity index (χ0v) is 11.2. The Morgan fingerprint density at radius 3 is 2.89 bits per heavy atom. The summed E-state index contributed by atoms with van der Waals surface area (Å²) >= 11 is 1.88. The highest BCUT2D eigenvalue weighted by Gasteiger charge is 2.43. The molecule has 1 fully saturated rings. The second-order valence-electron chi connectivity index (χ2n) is 4.50. The van der Waals surface area contributed by atoms with Crippen molar-refractivity contribution in [2.24, 2.45) is 0 Å². The van der Waals surface area contributed by atoms with Crippen LogP contribution in [0.15, 0.2) is 6.33 Å². The number of nitrogens with zero attached hydrogens (tertiary/aromatic N) is 4. The van der Waals surface area contributed by atoms with Crippen LogP contribution in [0.4, 0.5) is 5.95 Å². The lowest BCUT2D eigenvalue weighted by Gasteiger charge is -2.13. The minimum atomic E-state index is 0.305. The van der Waals surface area contributed by atoms with Gasteiger partial charge in [-0.1, -0.05) is 0 Å². The van der Waals surface area contributed by atoms with Gasteiger partial charge in [0.15, 0.2) is 11.2 Å². The van der Waals surface area contributed by atoms with E-state index in [-0.39, 0.29) is 0 Å². The Hall–Kier alpha value is -1.50. The van der Waals surface area contributed by atoms with E-state index in [9.17, 15) is 0 Å². The first kappa shape index (κ1) is 11.6. The molecule has 2 aromatic rings. The van der Waals surface area contributed by atoms with Crippen LogP contribution in [0.3, 0.4) is 0 Å². The predicted molar refractivity (Wildman–Crippen MR) is 71.8 cm³/mol. The van der Waals surface area contributed by atoms with Gasteiger partial charge in [0.1, 0.15) is 6.33 Å². The topological polar surface area (TPSA) is 78.8 Å². The minimum Gasteiger partial charge on any atom is -0.479 e. The first-order valence-corrected chi connectivity index (χ1v) is 6.97. The molecule has 18 heavy (non-hydrogen) atoms. The van der Waals surface area contributed by atoms with Gasteiger partial charge in [-0.15, -0.1) is 0 Å². The van der Waals surface area contributed by atoms with Crippen molar-refractivity contribution in [3.63, 3.8) is 0 Å². The van der Waals surface area contributed by atoms with E-state index in [2.05, 4.69) is 21.2 Å². The lowest BCUT2D eigenvalue weighted by atomic mass is 10.4. The number of hydrogen-bond donors (Lipinski definition) is 1. The van der Waals surface area contributed by atoms with Crippen LogP contribution in [0, 0.1) is 0 Å². The van der Waals surface area contributed by atoms with Crippen LogP contribution in [-0.2, 0) is 6.54 Å². The number of methoxy groups -OCH3 is 1. The van der Waals surface area contributed by atoms with Gasteiger partial charge in [0.2, 0.25) is 11.8 Å². The van der Waals surface area contributed by atoms with E-state index in [1.807, 2.05) is 16.3 Å². The third-order valence-electron chi connectivity index (χ3n) is 3.41. The summed E-state index contributed by atoms with van der Waals surface area (Å²) in [5.41, 5.74) is 7.37. The zero-order valence-electron chi connectivity index (χ0n) is 10.4. The molecule has 0 radical (unpaired) electrons. The molecule has 1 aliphatic rings. The number of anilines is 1. The molecule has 0 aliphatic heterocycles. The highest BCUT2D eigenvalue weighted by atomic mass is 32.2. The van der Waals surface area contributed by atoms with Gasteiger partial charge in [0.25, 0.3) is 0 Å². The molecule has 0 bridgehead atoms. The first-order valence-electron chi connectivity index (χ1n) is 5.75. The summed E-state index contributed by atoms with van der Waals surface area (Å²) in [7, 11) is 1.57. The summed E-state index contributed by atoms with van der Waals surface area (Å²) in [6.07, 6.45) is 6.06. The lowest BCUT2D eigenvalue weighted by molar-refractivity contribution is 0.401. The second-order valence-corrected chi connectivity index (χ2v) is 5.77. The Morgan fingerprint density at radius 2 is 2.28 bits per heavy atom. The van der Waals surface area contributed by atoms with Gasteiger partial charge in [-0.05, 0) is 19.1 Å². The highest BCUT2D eigenvalue weighted by molar-refractivity contribution is 8.00. The molecule has 0 aromatic carbocycles. The van der Waals surface area contributed by atoms with Crippen molar-refractivity contribution in [1.82, 2.24) is 19.5 Å². The van der Waals surface area contributed by atoms with Gasteiger partial charge in [0, 0.05) is 11.3 Å². The fourth-order valence-electron chi connectivity index (χ4n) is 2.09. The smallest absolute Gasteiger partial charge is 0.245 e. The van der Waals surface area contributed by atoms with Crippen molar-refractivity contribution in [3.05, 3.63) is 6.33 Å². The SMILES string of the molecule is COc1ncnc2c1nc(N)n2CC1(SC)CC1. The van der Waals surface area contributed by atoms with E-state index in [0.717, 1.165) is 12.2 Å². The van der Waals surface area contributed by atoms with Gasteiger partial charge in [-0.25, -0.2) is 9.97 Å². The highest BCUT2D eigenvalue weighted by Crippen LogP contribution is 2.49. The third kappa shape index (κ3) is 1.69. The molecule has 2 aromatic heterocycles. The predicted octanol–water partition coefficient (Wildman–Crippen LogP) is 1.31. The molecule has 0 amide bonds. The molecule has 2 N–H and O–H groups in total. The van der Waals surface area contributed by atoms with Gasteiger partial charge in [0.05, 0.1) is 7.11 Å². The number of imidazole rings is 1. The van der Waals surface area contributed by atoms with Crippen molar-refractivity contribution in [3.8, 4) is 5.88 Å². The Morgan fingerprint density at radius 1 is 1.50 bits per heavy atom. The first-order chi connectivity index (χ1) is 8.69. The zero-order chi connectivity index (χ0) is 12.8. The van der Waals surface area contributed by atoms with Gasteiger partial charge >= 0.3 is 0 Å². The molecule has 2 heterocycles. The minimum absolute atomic E-state index is 0.305. The summed E-state index contributed by atoms with van der Waals surface area (Å²) in [6, 6.07) is 0. The molecule has 96 valence electrons. The van der Waals surface area contributed by atoms with E-state index < -0.39 is 0 Å². The van der Waals surface area contributed by atoms with Crippen molar-refractivity contribution in [1.29, 1.82) is 0 Å². The standard InChI is InChI=1S/C11H15N5OS/c1-17-9-7-8(13-6-14-9)16(10(12)15-7)5-11(18-2)3-4-11/h6H,3-5H2,1-2H3,(H2,12,15). The van der Waals surface area contributed by atoms with E-state index in [1.54, 1.807) is 7.11 Å². The third-order valence-corrected chi connectivity index (χ3v) is 4.81. The van der Waals surface area contributed by atoms with Crippen molar-refractivity contribution < 1.29 is 4.74 Å². The Kier molecular flexibility index (Phi) is 2.58. The van der Waals surface area contributed by atoms with Crippen LogP contribution >= 0.6 is 11.8 Å². The normalized spacial score (nSPS) is 17.0. The van der Waals surface area contributed by atoms with Gasteiger partial charge < -0.3 is 10.5 Å². The Bertz CT molecular complexity index is 592. The fraction of sp³-hybridized carbons (Fsp3) is 0.545. The molecule has 0 unspecified atom stereocenters. The maximum Gasteiger partial charge on any atom is 0.245 e. The average molecular weight is 265 g/mol. The summed E-state index contributed by atoms with van der Waals surface area (Å²) in [4.78, 5) is 12.6. The van der Waals surface area contributed by atoms with Crippen LogP contribution < -0.4 is 10.5 Å².